The molecule has 1 atom stereocenters. The number of methoxy groups -OCH3 is 1. The van der Waals surface area contributed by atoms with E-state index in [1.165, 1.54) is 29.1 Å². The van der Waals surface area contributed by atoms with Crippen LogP contribution in [0.5, 0.6) is 0 Å². The van der Waals surface area contributed by atoms with Crippen LogP contribution in [-0.2, 0) is 18.2 Å². The molecule has 1 aromatic carbocycles. The second-order valence-corrected chi connectivity index (χ2v) is 6.94. The lowest BCUT2D eigenvalue weighted by atomic mass is 10.1. The molecule has 0 aliphatic carbocycles. The number of hydrogen-bond acceptors (Lipinski definition) is 5. The van der Waals surface area contributed by atoms with Gasteiger partial charge in [-0.05, 0) is 24.5 Å². The van der Waals surface area contributed by atoms with E-state index in [4.69, 9.17) is 0 Å². The zero-order valence-corrected chi connectivity index (χ0v) is 15.5. The molecule has 4 rings (SSSR count). The molecule has 2 aromatic rings. The van der Waals surface area contributed by atoms with E-state index in [1.807, 2.05) is 4.90 Å². The van der Waals surface area contributed by atoms with E-state index in [-0.39, 0.29) is 11.7 Å². The number of aromatic nitrogens is 2. The molecular formula is C19H23N5O3. The smallest absolute Gasteiger partial charge is 0.358 e. The summed E-state index contributed by atoms with van der Waals surface area (Å²) in [6.07, 6.45) is 1.87. The van der Waals surface area contributed by atoms with Crippen LogP contribution in [0.3, 0.4) is 0 Å². The highest BCUT2D eigenvalue weighted by Gasteiger charge is 2.33. The molecule has 2 amide bonds. The quantitative estimate of drug-likeness (QED) is 0.818. The van der Waals surface area contributed by atoms with Gasteiger partial charge in [-0.1, -0.05) is 18.2 Å². The molecule has 2 aliphatic heterocycles. The lowest BCUT2D eigenvalue weighted by Gasteiger charge is -2.27. The maximum Gasteiger partial charge on any atom is 0.358 e. The van der Waals surface area contributed by atoms with Crippen molar-refractivity contribution in [3.05, 3.63) is 41.6 Å². The number of amides is 2. The third-order valence-electron chi connectivity index (χ3n) is 5.25. The average molecular weight is 369 g/mol. The lowest BCUT2D eigenvalue weighted by Crippen LogP contribution is -2.43. The monoisotopic (exact) mass is 369 g/mol. The van der Waals surface area contributed by atoms with E-state index in [9.17, 15) is 9.59 Å². The Hall–Kier alpha value is -3.03. The van der Waals surface area contributed by atoms with E-state index in [0.717, 1.165) is 19.4 Å². The van der Waals surface area contributed by atoms with Crippen molar-refractivity contribution in [1.82, 2.24) is 14.7 Å². The SMILES string of the molecule is COC(=O)c1cc(NC(=O)N2CCCN3c4ccccc4CC3C2)n(C)n1. The van der Waals surface area contributed by atoms with Crippen molar-refractivity contribution in [3.8, 4) is 0 Å². The average Bonchev–Trinajstić information content (AvgIpc) is 3.13. The van der Waals surface area contributed by atoms with E-state index >= 15 is 0 Å². The third-order valence-corrected chi connectivity index (χ3v) is 5.25. The topological polar surface area (TPSA) is 79.7 Å². The van der Waals surface area contributed by atoms with Gasteiger partial charge in [-0.3, -0.25) is 10.00 Å². The molecule has 1 aromatic heterocycles. The van der Waals surface area contributed by atoms with Gasteiger partial charge >= 0.3 is 12.0 Å². The van der Waals surface area contributed by atoms with Gasteiger partial charge in [-0.2, -0.15) is 5.10 Å². The molecule has 0 spiro atoms. The number of nitrogens with one attached hydrogen (secondary N) is 1. The fourth-order valence-corrected chi connectivity index (χ4v) is 3.93. The Bertz CT molecular complexity index is 878. The Morgan fingerprint density at radius 2 is 2.07 bits per heavy atom. The summed E-state index contributed by atoms with van der Waals surface area (Å²) in [7, 11) is 2.98. The van der Waals surface area contributed by atoms with Crippen LogP contribution in [0, 0.1) is 0 Å². The number of carbonyl (C=O) groups is 2. The Morgan fingerprint density at radius 3 is 2.89 bits per heavy atom. The van der Waals surface area contributed by atoms with Gasteiger partial charge in [0.15, 0.2) is 5.69 Å². The van der Waals surface area contributed by atoms with Gasteiger partial charge in [0.2, 0.25) is 0 Å². The zero-order chi connectivity index (χ0) is 19.0. The number of nitrogens with zero attached hydrogens (tertiary/aromatic N) is 4. The van der Waals surface area contributed by atoms with Crippen molar-refractivity contribution in [2.75, 3.05) is 37.0 Å². The summed E-state index contributed by atoms with van der Waals surface area (Å²) < 4.78 is 6.15. The van der Waals surface area contributed by atoms with Crippen LogP contribution in [0.4, 0.5) is 16.3 Å². The van der Waals surface area contributed by atoms with E-state index < -0.39 is 5.97 Å². The summed E-state index contributed by atoms with van der Waals surface area (Å²) in [5.41, 5.74) is 2.81. The molecule has 1 fully saturated rings. The fraction of sp³-hybridized carbons (Fsp3) is 0.421. The summed E-state index contributed by atoms with van der Waals surface area (Å²) >= 11 is 0. The molecule has 1 N–H and O–H groups in total. The fourth-order valence-electron chi connectivity index (χ4n) is 3.93. The van der Waals surface area contributed by atoms with Crippen LogP contribution >= 0.6 is 0 Å². The predicted molar refractivity (Wildman–Crippen MR) is 101 cm³/mol. The van der Waals surface area contributed by atoms with Crippen LogP contribution in [0.25, 0.3) is 0 Å². The van der Waals surface area contributed by atoms with Crippen molar-refractivity contribution in [3.63, 3.8) is 0 Å². The Labute approximate surface area is 157 Å². The lowest BCUT2D eigenvalue weighted by molar-refractivity contribution is 0.0593. The molecule has 8 heteroatoms. The Balaban J connectivity index is 1.46. The van der Waals surface area contributed by atoms with Gasteiger partial charge in [0, 0.05) is 38.4 Å². The highest BCUT2D eigenvalue weighted by Crippen LogP contribution is 2.33. The molecule has 0 radical (unpaired) electrons. The van der Waals surface area contributed by atoms with Crippen molar-refractivity contribution in [2.45, 2.75) is 18.9 Å². The minimum absolute atomic E-state index is 0.170. The van der Waals surface area contributed by atoms with Crippen LogP contribution in [0.15, 0.2) is 30.3 Å². The van der Waals surface area contributed by atoms with Crippen LogP contribution in [0.1, 0.15) is 22.5 Å². The molecule has 3 heterocycles. The van der Waals surface area contributed by atoms with E-state index in [2.05, 4.69) is 44.3 Å². The van der Waals surface area contributed by atoms with Gasteiger partial charge in [-0.15, -0.1) is 0 Å². The predicted octanol–water partition coefficient (Wildman–Crippen LogP) is 1.88. The Morgan fingerprint density at radius 1 is 1.26 bits per heavy atom. The number of esters is 1. The summed E-state index contributed by atoms with van der Waals surface area (Å²) in [4.78, 5) is 28.7. The molecule has 1 unspecified atom stereocenters. The number of fused-ring (bicyclic) bond motifs is 3. The molecule has 8 nitrogen and oxygen atoms in total. The van der Waals surface area contributed by atoms with Crippen molar-refractivity contribution in [2.24, 2.45) is 7.05 Å². The van der Waals surface area contributed by atoms with Crippen molar-refractivity contribution in [1.29, 1.82) is 0 Å². The third kappa shape index (κ3) is 3.22. The number of para-hydroxylation sites is 1. The number of aryl methyl sites for hydroxylation is 1. The second-order valence-electron chi connectivity index (χ2n) is 6.94. The first-order chi connectivity index (χ1) is 13.1. The number of ether oxygens (including phenoxy) is 1. The molecule has 27 heavy (non-hydrogen) atoms. The van der Waals surface area contributed by atoms with Crippen LogP contribution in [0.2, 0.25) is 0 Å². The highest BCUT2D eigenvalue weighted by molar-refractivity contribution is 5.92. The zero-order valence-electron chi connectivity index (χ0n) is 15.5. The van der Waals surface area contributed by atoms with Crippen molar-refractivity contribution < 1.29 is 14.3 Å². The Kier molecular flexibility index (Phi) is 4.47. The molecule has 142 valence electrons. The number of anilines is 2. The summed E-state index contributed by atoms with van der Waals surface area (Å²) in [5.74, 6) is -0.0588. The normalized spacial score (nSPS) is 18.5. The largest absolute Gasteiger partial charge is 0.464 e. The first-order valence-corrected chi connectivity index (χ1v) is 9.09. The number of rotatable bonds is 2. The number of hydrogen-bond donors (Lipinski definition) is 1. The maximum atomic E-state index is 12.8. The van der Waals surface area contributed by atoms with Crippen LogP contribution < -0.4 is 10.2 Å². The first kappa shape index (κ1) is 17.4. The van der Waals surface area contributed by atoms with Gasteiger partial charge < -0.3 is 14.5 Å². The van der Waals surface area contributed by atoms with Gasteiger partial charge in [0.25, 0.3) is 0 Å². The molecule has 0 bridgehead atoms. The molecule has 2 aliphatic rings. The summed E-state index contributed by atoms with van der Waals surface area (Å²) in [5, 5.41) is 6.95. The second kappa shape index (κ2) is 6.94. The minimum Gasteiger partial charge on any atom is -0.464 e. The molecule has 0 saturated carbocycles. The number of benzene rings is 1. The van der Waals surface area contributed by atoms with E-state index in [1.54, 1.807) is 7.05 Å². The molecule has 1 saturated heterocycles. The van der Waals surface area contributed by atoms with E-state index in [0.29, 0.717) is 24.9 Å². The summed E-state index contributed by atoms with van der Waals surface area (Å²) in [6.45, 7) is 2.31. The number of carbonyl (C=O) groups excluding carboxylic acids is 2. The maximum absolute atomic E-state index is 12.8. The number of urea groups is 1. The standard InChI is InChI=1S/C19H23N5O3/c1-22-17(11-15(21-22)18(25)27-2)20-19(26)23-8-5-9-24-14(12-23)10-13-6-3-4-7-16(13)24/h3-4,6-7,11,14H,5,8-10,12H2,1-2H3,(H,20,26). The summed E-state index contributed by atoms with van der Waals surface area (Å²) in [6, 6.07) is 10.1. The highest BCUT2D eigenvalue weighted by atomic mass is 16.5. The minimum atomic E-state index is -0.528. The first-order valence-electron chi connectivity index (χ1n) is 9.09. The van der Waals surface area contributed by atoms with Gasteiger partial charge in [-0.25, -0.2) is 9.59 Å². The van der Waals surface area contributed by atoms with Crippen LogP contribution in [-0.4, -0.2) is 59.5 Å². The molecular weight excluding hydrogens is 346 g/mol. The van der Waals surface area contributed by atoms with Crippen molar-refractivity contribution >= 4 is 23.5 Å². The van der Waals surface area contributed by atoms with Gasteiger partial charge in [0.05, 0.1) is 13.2 Å². The van der Waals surface area contributed by atoms with Gasteiger partial charge in [0.1, 0.15) is 5.82 Å².